The van der Waals surface area contributed by atoms with Crippen LogP contribution >= 0.6 is 0 Å². The Labute approximate surface area is 66.9 Å². The van der Waals surface area contributed by atoms with Crippen LogP contribution in [0.4, 0.5) is 0 Å². The molecule has 0 N–H and O–H groups in total. The molecule has 2 nitrogen and oxygen atoms in total. The van der Waals surface area contributed by atoms with E-state index >= 15 is 0 Å². The standard InChI is InChI=1S/C9H13NO/c11-9-7-8-5-3-1-2-4-6-10(8)9/h1,3,8H,2,4-7H2/b3-1-. The highest BCUT2D eigenvalue weighted by Gasteiger charge is 2.34. The van der Waals surface area contributed by atoms with E-state index in [2.05, 4.69) is 12.2 Å². The Morgan fingerprint density at radius 3 is 3.18 bits per heavy atom. The topological polar surface area (TPSA) is 20.3 Å². The normalized spacial score (nSPS) is 33.3. The van der Waals surface area contributed by atoms with Crippen molar-refractivity contribution in [3.8, 4) is 0 Å². The highest BCUT2D eigenvalue weighted by atomic mass is 16.2. The van der Waals surface area contributed by atoms with E-state index in [4.69, 9.17) is 0 Å². The summed E-state index contributed by atoms with van der Waals surface area (Å²) in [6.07, 6.45) is 8.58. The molecule has 0 radical (unpaired) electrons. The molecule has 0 aromatic carbocycles. The Hall–Kier alpha value is -0.790. The molecule has 11 heavy (non-hydrogen) atoms. The molecular weight excluding hydrogens is 138 g/mol. The molecule has 2 aliphatic rings. The second-order valence-corrected chi connectivity index (χ2v) is 3.29. The fourth-order valence-electron chi connectivity index (χ4n) is 1.79. The molecular formula is C9H13NO. The third-order valence-electron chi connectivity index (χ3n) is 2.52. The van der Waals surface area contributed by atoms with Crippen LogP contribution in [0.3, 0.4) is 0 Å². The first kappa shape index (κ1) is 6.89. The zero-order chi connectivity index (χ0) is 7.68. The number of fused-ring (bicyclic) bond motifs is 1. The number of allylic oxidation sites excluding steroid dienone is 1. The van der Waals surface area contributed by atoms with Gasteiger partial charge in [0.1, 0.15) is 0 Å². The second-order valence-electron chi connectivity index (χ2n) is 3.29. The molecule has 1 fully saturated rings. The average molecular weight is 151 g/mol. The van der Waals surface area contributed by atoms with Gasteiger partial charge in [0, 0.05) is 19.0 Å². The minimum Gasteiger partial charge on any atom is -0.339 e. The van der Waals surface area contributed by atoms with Gasteiger partial charge in [-0.25, -0.2) is 0 Å². The number of carbonyl (C=O) groups is 1. The van der Waals surface area contributed by atoms with Crippen LogP contribution in [-0.4, -0.2) is 23.4 Å². The summed E-state index contributed by atoms with van der Waals surface area (Å²) >= 11 is 0. The van der Waals surface area contributed by atoms with E-state index in [1.807, 2.05) is 4.90 Å². The lowest BCUT2D eigenvalue weighted by Gasteiger charge is -2.40. The fraction of sp³-hybridized carbons (Fsp3) is 0.667. The monoisotopic (exact) mass is 151 g/mol. The summed E-state index contributed by atoms with van der Waals surface area (Å²) in [7, 11) is 0. The van der Waals surface area contributed by atoms with E-state index < -0.39 is 0 Å². The molecule has 1 unspecified atom stereocenters. The maximum atomic E-state index is 11.0. The summed E-state index contributed by atoms with van der Waals surface area (Å²) in [5.74, 6) is 0.352. The minimum atomic E-state index is 0.352. The first-order valence-corrected chi connectivity index (χ1v) is 4.32. The molecule has 0 spiro atoms. The summed E-state index contributed by atoms with van der Waals surface area (Å²) in [6.45, 7) is 0.980. The van der Waals surface area contributed by atoms with Gasteiger partial charge in [0.15, 0.2) is 0 Å². The van der Waals surface area contributed by atoms with Crippen molar-refractivity contribution in [2.24, 2.45) is 0 Å². The number of hydrogen-bond acceptors (Lipinski definition) is 1. The molecule has 0 aliphatic carbocycles. The molecule has 0 saturated carbocycles. The van der Waals surface area contributed by atoms with Gasteiger partial charge < -0.3 is 4.90 Å². The van der Waals surface area contributed by atoms with Crippen molar-refractivity contribution in [2.75, 3.05) is 6.54 Å². The van der Waals surface area contributed by atoms with E-state index in [0.29, 0.717) is 11.9 Å². The molecule has 0 aromatic heterocycles. The van der Waals surface area contributed by atoms with Gasteiger partial charge in [0.05, 0.1) is 0 Å². The third kappa shape index (κ3) is 1.17. The van der Waals surface area contributed by atoms with Crippen LogP contribution in [0.2, 0.25) is 0 Å². The quantitative estimate of drug-likeness (QED) is 0.378. The van der Waals surface area contributed by atoms with Gasteiger partial charge in [-0.15, -0.1) is 0 Å². The average Bonchev–Trinajstić information content (AvgIpc) is 1.96. The fourth-order valence-corrected chi connectivity index (χ4v) is 1.79. The zero-order valence-corrected chi connectivity index (χ0v) is 6.62. The maximum absolute atomic E-state index is 11.0. The van der Waals surface area contributed by atoms with Crippen molar-refractivity contribution in [1.82, 2.24) is 4.90 Å². The van der Waals surface area contributed by atoms with Gasteiger partial charge in [0.2, 0.25) is 5.91 Å². The summed E-state index contributed by atoms with van der Waals surface area (Å²) in [5, 5.41) is 0. The van der Waals surface area contributed by atoms with Crippen LogP contribution in [0.5, 0.6) is 0 Å². The van der Waals surface area contributed by atoms with Gasteiger partial charge in [-0.05, 0) is 19.3 Å². The van der Waals surface area contributed by atoms with Gasteiger partial charge >= 0.3 is 0 Å². The molecule has 2 heterocycles. The van der Waals surface area contributed by atoms with Crippen molar-refractivity contribution >= 4 is 5.91 Å². The van der Waals surface area contributed by atoms with Crippen LogP contribution < -0.4 is 0 Å². The molecule has 1 atom stereocenters. The summed E-state index contributed by atoms with van der Waals surface area (Å²) in [6, 6.07) is 0.541. The number of β-lactam (4-membered cyclic amide) rings is 1. The predicted molar refractivity (Wildman–Crippen MR) is 43.1 cm³/mol. The Morgan fingerprint density at radius 1 is 1.45 bits per heavy atom. The number of amides is 1. The molecule has 1 amide bonds. The van der Waals surface area contributed by atoms with E-state index in [9.17, 15) is 4.79 Å². The maximum Gasteiger partial charge on any atom is 0.224 e. The van der Waals surface area contributed by atoms with Gasteiger partial charge in [0.25, 0.3) is 0 Å². The van der Waals surface area contributed by atoms with Crippen LogP contribution in [0.1, 0.15) is 25.7 Å². The number of nitrogens with zero attached hydrogens (tertiary/aromatic N) is 1. The van der Waals surface area contributed by atoms with Crippen LogP contribution in [0.15, 0.2) is 12.2 Å². The Kier molecular flexibility index (Phi) is 1.68. The van der Waals surface area contributed by atoms with Crippen molar-refractivity contribution in [3.63, 3.8) is 0 Å². The van der Waals surface area contributed by atoms with Gasteiger partial charge in [-0.3, -0.25) is 4.79 Å². The highest BCUT2D eigenvalue weighted by molar-refractivity contribution is 5.83. The van der Waals surface area contributed by atoms with Crippen LogP contribution in [-0.2, 0) is 4.79 Å². The Bertz CT molecular complexity index is 198. The van der Waals surface area contributed by atoms with E-state index in [1.54, 1.807) is 0 Å². The molecule has 2 rings (SSSR count). The predicted octanol–water partition coefficient (Wildman–Crippen LogP) is 1.33. The summed E-state index contributed by atoms with van der Waals surface area (Å²) < 4.78 is 0. The van der Waals surface area contributed by atoms with Crippen molar-refractivity contribution in [2.45, 2.75) is 31.7 Å². The molecule has 2 heteroatoms. The molecule has 0 aromatic rings. The smallest absolute Gasteiger partial charge is 0.224 e. The summed E-state index contributed by atoms with van der Waals surface area (Å²) in [4.78, 5) is 13.0. The Balaban J connectivity index is 2.01. The van der Waals surface area contributed by atoms with Crippen molar-refractivity contribution < 1.29 is 4.79 Å². The Morgan fingerprint density at radius 2 is 2.36 bits per heavy atom. The highest BCUT2D eigenvalue weighted by Crippen LogP contribution is 2.24. The summed E-state index contributed by atoms with van der Waals surface area (Å²) in [5.41, 5.74) is 0. The lowest BCUT2D eigenvalue weighted by molar-refractivity contribution is -0.145. The van der Waals surface area contributed by atoms with E-state index in [0.717, 1.165) is 32.2 Å². The first-order valence-electron chi connectivity index (χ1n) is 4.32. The van der Waals surface area contributed by atoms with Crippen LogP contribution in [0, 0.1) is 0 Å². The van der Waals surface area contributed by atoms with E-state index in [1.165, 1.54) is 0 Å². The molecule has 1 saturated heterocycles. The SMILES string of the molecule is O=C1CC2C/C=C\CCCN12. The zero-order valence-electron chi connectivity index (χ0n) is 6.62. The van der Waals surface area contributed by atoms with Gasteiger partial charge in [-0.1, -0.05) is 12.2 Å². The lowest BCUT2D eigenvalue weighted by atomic mass is 9.96. The number of rotatable bonds is 0. The minimum absolute atomic E-state index is 0.352. The number of carbonyl (C=O) groups excluding carboxylic acids is 1. The van der Waals surface area contributed by atoms with Crippen molar-refractivity contribution in [1.29, 1.82) is 0 Å². The molecule has 0 bridgehead atoms. The first-order chi connectivity index (χ1) is 5.38. The van der Waals surface area contributed by atoms with Crippen LogP contribution in [0.25, 0.3) is 0 Å². The number of hydrogen-bond donors (Lipinski definition) is 0. The van der Waals surface area contributed by atoms with Gasteiger partial charge in [-0.2, -0.15) is 0 Å². The lowest BCUT2D eigenvalue weighted by Crippen LogP contribution is -2.52. The molecule has 60 valence electrons. The molecule has 2 aliphatic heterocycles. The third-order valence-corrected chi connectivity index (χ3v) is 2.52. The van der Waals surface area contributed by atoms with Crippen molar-refractivity contribution in [3.05, 3.63) is 12.2 Å². The van der Waals surface area contributed by atoms with E-state index in [-0.39, 0.29) is 0 Å². The second kappa shape index (κ2) is 2.68. The largest absolute Gasteiger partial charge is 0.339 e.